The van der Waals surface area contributed by atoms with E-state index in [4.69, 9.17) is 23.2 Å². The van der Waals surface area contributed by atoms with Crippen LogP contribution in [-0.2, 0) is 4.79 Å². The van der Waals surface area contributed by atoms with Gasteiger partial charge in [-0.2, -0.15) is 0 Å². The van der Waals surface area contributed by atoms with Crippen LogP contribution in [0.4, 0.5) is 0 Å². The summed E-state index contributed by atoms with van der Waals surface area (Å²) >= 11 is 12.2. The van der Waals surface area contributed by atoms with E-state index < -0.39 is 0 Å². The number of fused-ring (bicyclic) bond motifs is 2. The lowest BCUT2D eigenvalue weighted by Crippen LogP contribution is -2.49. The normalized spacial score (nSPS) is 34.9. The molecule has 0 amide bonds. The molecule has 3 nitrogen and oxygen atoms in total. The van der Waals surface area contributed by atoms with Crippen LogP contribution in [0.2, 0.25) is 10.0 Å². The van der Waals surface area contributed by atoms with Crippen molar-refractivity contribution in [3.8, 4) is 0 Å². The summed E-state index contributed by atoms with van der Waals surface area (Å²) < 4.78 is 0. The predicted molar refractivity (Wildman–Crippen MR) is 88.6 cm³/mol. The van der Waals surface area contributed by atoms with Crippen LogP contribution in [0, 0.1) is 5.92 Å². The molecule has 1 N–H and O–H groups in total. The number of benzene rings is 1. The molecule has 22 heavy (non-hydrogen) atoms. The van der Waals surface area contributed by atoms with Crippen molar-refractivity contribution in [1.29, 1.82) is 0 Å². The second-order valence-electron chi connectivity index (χ2n) is 6.70. The number of Topliss-reactive ketones (excluding diaryl/α,β-unsaturated/α-hetero) is 1. The highest BCUT2D eigenvalue weighted by Crippen LogP contribution is 2.48. The van der Waals surface area contributed by atoms with Crippen molar-refractivity contribution in [2.24, 2.45) is 5.92 Å². The van der Waals surface area contributed by atoms with Crippen molar-refractivity contribution in [3.05, 3.63) is 33.8 Å². The Morgan fingerprint density at radius 3 is 2.68 bits per heavy atom. The molecule has 2 fully saturated rings. The van der Waals surface area contributed by atoms with Crippen LogP contribution in [-0.4, -0.2) is 41.0 Å². The molecule has 5 unspecified atom stereocenters. The highest BCUT2D eigenvalue weighted by molar-refractivity contribution is 6.42. The van der Waals surface area contributed by atoms with E-state index in [-0.39, 0.29) is 29.8 Å². The van der Waals surface area contributed by atoms with E-state index in [9.17, 15) is 9.90 Å². The Morgan fingerprint density at radius 1 is 1.32 bits per heavy atom. The van der Waals surface area contributed by atoms with E-state index >= 15 is 0 Å². The molecular weight excluding hydrogens is 321 g/mol. The molecule has 2 aliphatic heterocycles. The number of piperidine rings is 1. The summed E-state index contributed by atoms with van der Waals surface area (Å²) in [7, 11) is 2.06. The zero-order valence-corrected chi connectivity index (χ0v) is 14.3. The number of hydrogen-bond acceptors (Lipinski definition) is 3. The minimum absolute atomic E-state index is 0.0436. The SMILES string of the molecule is CC(=O)CC1C(c2ccc(Cl)c(Cl)c2)CC2CC(O)C1N2C. The van der Waals surface area contributed by atoms with Crippen LogP contribution in [0.3, 0.4) is 0 Å². The summed E-state index contributed by atoms with van der Waals surface area (Å²) in [5, 5.41) is 11.5. The van der Waals surface area contributed by atoms with Crippen molar-refractivity contribution >= 4 is 29.0 Å². The van der Waals surface area contributed by atoms with Gasteiger partial charge in [0.05, 0.1) is 16.1 Å². The van der Waals surface area contributed by atoms with Gasteiger partial charge in [-0.1, -0.05) is 29.3 Å². The van der Waals surface area contributed by atoms with Crippen LogP contribution in [0.15, 0.2) is 18.2 Å². The molecule has 2 bridgehead atoms. The van der Waals surface area contributed by atoms with Gasteiger partial charge >= 0.3 is 0 Å². The average Bonchev–Trinajstić information content (AvgIpc) is 2.62. The maximum absolute atomic E-state index is 11.8. The molecule has 3 rings (SSSR count). The molecule has 0 spiro atoms. The first kappa shape index (κ1) is 16.3. The lowest BCUT2D eigenvalue weighted by atomic mass is 9.74. The third-order valence-corrected chi connectivity index (χ3v) is 6.07. The molecule has 5 atom stereocenters. The fourth-order valence-electron chi connectivity index (χ4n) is 4.38. The lowest BCUT2D eigenvalue weighted by Gasteiger charge is -2.43. The first-order valence-electron chi connectivity index (χ1n) is 7.73. The number of hydrogen-bond donors (Lipinski definition) is 1. The average molecular weight is 342 g/mol. The number of aliphatic hydroxyl groups excluding tert-OH is 1. The minimum atomic E-state index is -0.355. The molecule has 0 aliphatic carbocycles. The van der Waals surface area contributed by atoms with Gasteiger partial charge in [-0.25, -0.2) is 0 Å². The maximum Gasteiger partial charge on any atom is 0.130 e. The molecule has 0 aromatic heterocycles. The number of carbonyl (C=O) groups is 1. The van der Waals surface area contributed by atoms with Gasteiger partial charge in [0.2, 0.25) is 0 Å². The zero-order valence-electron chi connectivity index (χ0n) is 12.8. The van der Waals surface area contributed by atoms with Crippen LogP contribution < -0.4 is 0 Å². The van der Waals surface area contributed by atoms with Crippen molar-refractivity contribution in [2.75, 3.05) is 7.05 Å². The highest BCUT2D eigenvalue weighted by atomic mass is 35.5. The predicted octanol–water partition coefficient (Wildman–Crippen LogP) is 3.51. The first-order valence-corrected chi connectivity index (χ1v) is 8.48. The Hall–Kier alpha value is -0.610. The molecule has 0 radical (unpaired) electrons. The van der Waals surface area contributed by atoms with Gasteiger partial charge < -0.3 is 9.90 Å². The molecular formula is C17H21Cl2NO2. The smallest absolute Gasteiger partial charge is 0.130 e. The van der Waals surface area contributed by atoms with Gasteiger partial charge in [-0.15, -0.1) is 0 Å². The van der Waals surface area contributed by atoms with Crippen molar-refractivity contribution in [2.45, 2.75) is 50.3 Å². The van der Waals surface area contributed by atoms with Gasteiger partial charge in [-0.05, 0) is 56.3 Å². The van der Waals surface area contributed by atoms with Crippen LogP contribution in [0.5, 0.6) is 0 Å². The van der Waals surface area contributed by atoms with Gasteiger partial charge in [-0.3, -0.25) is 4.90 Å². The molecule has 2 aliphatic rings. The summed E-state index contributed by atoms with van der Waals surface area (Å²) in [6.45, 7) is 1.62. The monoisotopic (exact) mass is 341 g/mol. The molecule has 1 aromatic rings. The number of halogens is 2. The zero-order chi connectivity index (χ0) is 16.0. The Labute approximate surface area is 141 Å². The Kier molecular flexibility index (Phi) is 4.52. The Bertz CT molecular complexity index is 592. The molecule has 1 aromatic carbocycles. The van der Waals surface area contributed by atoms with Crippen LogP contribution in [0.1, 0.15) is 37.7 Å². The van der Waals surface area contributed by atoms with E-state index in [2.05, 4.69) is 11.9 Å². The van der Waals surface area contributed by atoms with Crippen LogP contribution in [0.25, 0.3) is 0 Å². The summed E-state index contributed by atoms with van der Waals surface area (Å²) in [5.41, 5.74) is 1.12. The summed E-state index contributed by atoms with van der Waals surface area (Å²) in [4.78, 5) is 14.0. The van der Waals surface area contributed by atoms with E-state index in [1.807, 2.05) is 18.2 Å². The third-order valence-electron chi connectivity index (χ3n) is 5.33. The number of ketones is 1. The Balaban J connectivity index is 1.97. The standard InChI is InChI=1S/C17H21Cl2NO2/c1-9(21)5-13-12(10-3-4-14(18)15(19)6-10)7-11-8-16(22)17(13)20(11)2/h3-4,6,11-13,16-17,22H,5,7-8H2,1-2H3. The van der Waals surface area contributed by atoms with E-state index in [1.54, 1.807) is 6.92 Å². The van der Waals surface area contributed by atoms with E-state index in [1.165, 1.54) is 0 Å². The molecule has 2 saturated heterocycles. The van der Waals surface area contributed by atoms with Gasteiger partial charge in [0.25, 0.3) is 0 Å². The summed E-state index contributed by atoms with van der Waals surface area (Å²) in [6, 6.07) is 6.15. The third kappa shape index (κ3) is 2.80. The number of aliphatic hydroxyl groups is 1. The largest absolute Gasteiger partial charge is 0.391 e. The summed E-state index contributed by atoms with van der Waals surface area (Å²) in [6.07, 6.45) is 1.86. The summed E-state index contributed by atoms with van der Waals surface area (Å²) in [5.74, 6) is 0.525. The van der Waals surface area contributed by atoms with Gasteiger partial charge in [0.15, 0.2) is 0 Å². The number of rotatable bonds is 3. The molecule has 2 heterocycles. The lowest BCUT2D eigenvalue weighted by molar-refractivity contribution is -0.119. The molecule has 0 saturated carbocycles. The highest BCUT2D eigenvalue weighted by Gasteiger charge is 2.50. The fraction of sp³-hybridized carbons (Fsp3) is 0.588. The van der Waals surface area contributed by atoms with E-state index in [0.717, 1.165) is 18.4 Å². The fourth-order valence-corrected chi connectivity index (χ4v) is 4.68. The molecule has 5 heteroatoms. The number of nitrogens with zero attached hydrogens (tertiary/aromatic N) is 1. The first-order chi connectivity index (χ1) is 10.4. The van der Waals surface area contributed by atoms with Gasteiger partial charge in [0, 0.05) is 18.5 Å². The quantitative estimate of drug-likeness (QED) is 0.914. The maximum atomic E-state index is 11.8. The minimum Gasteiger partial charge on any atom is -0.391 e. The molecule has 120 valence electrons. The van der Waals surface area contributed by atoms with Gasteiger partial charge in [0.1, 0.15) is 5.78 Å². The Morgan fingerprint density at radius 2 is 2.05 bits per heavy atom. The second-order valence-corrected chi connectivity index (χ2v) is 7.51. The van der Waals surface area contributed by atoms with Crippen molar-refractivity contribution < 1.29 is 9.90 Å². The van der Waals surface area contributed by atoms with Crippen molar-refractivity contribution in [1.82, 2.24) is 4.90 Å². The van der Waals surface area contributed by atoms with E-state index in [0.29, 0.717) is 22.5 Å². The number of likely N-dealkylation sites (N-methyl/N-ethyl adjacent to an activating group) is 1. The number of carbonyl (C=O) groups excluding carboxylic acids is 1. The van der Waals surface area contributed by atoms with Crippen molar-refractivity contribution in [3.63, 3.8) is 0 Å². The topological polar surface area (TPSA) is 40.5 Å². The van der Waals surface area contributed by atoms with Crippen LogP contribution >= 0.6 is 23.2 Å². The second kappa shape index (κ2) is 6.12.